The number of fused-ring (bicyclic) bond motifs is 1. The molecular formula is C25H31N3O3. The van der Waals surface area contributed by atoms with E-state index in [0.29, 0.717) is 17.5 Å². The summed E-state index contributed by atoms with van der Waals surface area (Å²) in [6, 6.07) is 13.8. The molecule has 0 saturated heterocycles. The van der Waals surface area contributed by atoms with Crippen LogP contribution in [0.3, 0.4) is 0 Å². The van der Waals surface area contributed by atoms with E-state index in [0.717, 1.165) is 5.56 Å². The van der Waals surface area contributed by atoms with E-state index in [1.54, 1.807) is 25.5 Å². The summed E-state index contributed by atoms with van der Waals surface area (Å²) < 4.78 is 10.7. The molecule has 1 amide bonds. The van der Waals surface area contributed by atoms with E-state index in [1.165, 1.54) is 16.8 Å². The lowest BCUT2D eigenvalue weighted by Crippen LogP contribution is -2.49. The van der Waals surface area contributed by atoms with Crippen molar-refractivity contribution in [2.24, 2.45) is 5.10 Å². The summed E-state index contributed by atoms with van der Waals surface area (Å²) in [4.78, 5) is 14.5. The van der Waals surface area contributed by atoms with E-state index >= 15 is 0 Å². The molecule has 31 heavy (non-hydrogen) atoms. The third-order valence-corrected chi connectivity index (χ3v) is 5.24. The first kappa shape index (κ1) is 22.4. The zero-order valence-corrected chi connectivity index (χ0v) is 19.1. The van der Waals surface area contributed by atoms with Crippen LogP contribution >= 0.6 is 0 Å². The maximum Gasteiger partial charge on any atom is 0.277 e. The summed E-state index contributed by atoms with van der Waals surface area (Å²) in [7, 11) is 1.56. The van der Waals surface area contributed by atoms with Crippen molar-refractivity contribution >= 4 is 23.4 Å². The summed E-state index contributed by atoms with van der Waals surface area (Å²) in [6.07, 6.45) is 3.95. The van der Waals surface area contributed by atoms with Gasteiger partial charge < -0.3 is 14.4 Å². The first-order valence-electron chi connectivity index (χ1n) is 10.4. The fraction of sp³-hybridized carbons (Fsp3) is 0.360. The van der Waals surface area contributed by atoms with E-state index in [9.17, 15) is 4.79 Å². The standard InChI is InChI=1S/C25H31N3O3/c1-17(2)28-21-12-11-19(13-20(21)18(3)14-25(28,4)5)15-26-27-24(29)16-31-23-10-8-7-9-22(23)30-6/h7-15,17H,16H2,1-6H3,(H,27,29)/b26-15-. The second-order valence-corrected chi connectivity index (χ2v) is 8.45. The van der Waals surface area contributed by atoms with Crippen LogP contribution in [-0.4, -0.2) is 37.4 Å². The smallest absolute Gasteiger partial charge is 0.277 e. The SMILES string of the molecule is COc1ccccc1OCC(=O)N/N=C\c1ccc2c(c1)C(C)=CC(C)(C)N2C(C)C. The predicted molar refractivity (Wildman–Crippen MR) is 126 cm³/mol. The van der Waals surface area contributed by atoms with Crippen molar-refractivity contribution in [2.45, 2.75) is 46.2 Å². The second kappa shape index (κ2) is 9.25. The lowest BCUT2D eigenvalue weighted by molar-refractivity contribution is -0.123. The summed E-state index contributed by atoms with van der Waals surface area (Å²) in [5.41, 5.74) is 7.02. The largest absolute Gasteiger partial charge is 0.493 e. The van der Waals surface area contributed by atoms with Crippen LogP contribution in [0.2, 0.25) is 0 Å². The van der Waals surface area contributed by atoms with Crippen LogP contribution in [0.15, 0.2) is 53.6 Å². The molecule has 0 radical (unpaired) electrons. The number of carbonyl (C=O) groups excluding carboxylic acids is 1. The van der Waals surface area contributed by atoms with Crippen LogP contribution < -0.4 is 19.8 Å². The zero-order valence-electron chi connectivity index (χ0n) is 19.1. The molecule has 0 saturated carbocycles. The highest BCUT2D eigenvalue weighted by Crippen LogP contribution is 2.40. The third kappa shape index (κ3) is 5.08. The minimum atomic E-state index is -0.344. The summed E-state index contributed by atoms with van der Waals surface area (Å²) >= 11 is 0. The molecule has 1 heterocycles. The monoisotopic (exact) mass is 421 g/mol. The Balaban J connectivity index is 1.66. The highest BCUT2D eigenvalue weighted by molar-refractivity contribution is 5.88. The first-order chi connectivity index (χ1) is 14.7. The molecule has 164 valence electrons. The molecule has 0 aliphatic carbocycles. The van der Waals surface area contributed by atoms with Crippen molar-refractivity contribution in [3.63, 3.8) is 0 Å². The Bertz CT molecular complexity index is 1010. The molecule has 0 bridgehead atoms. The van der Waals surface area contributed by atoms with Gasteiger partial charge in [-0.2, -0.15) is 5.10 Å². The summed E-state index contributed by atoms with van der Waals surface area (Å²) in [5.74, 6) is 0.748. The van der Waals surface area contributed by atoms with Gasteiger partial charge in [0.1, 0.15) is 0 Å². The van der Waals surface area contributed by atoms with E-state index in [4.69, 9.17) is 9.47 Å². The summed E-state index contributed by atoms with van der Waals surface area (Å²) in [5, 5.41) is 4.08. The third-order valence-electron chi connectivity index (χ3n) is 5.24. The quantitative estimate of drug-likeness (QED) is 0.523. The molecule has 0 fully saturated rings. The van der Waals surface area contributed by atoms with Crippen molar-refractivity contribution in [1.29, 1.82) is 0 Å². The number of para-hydroxylation sites is 2. The predicted octanol–water partition coefficient (Wildman–Crippen LogP) is 4.63. The lowest BCUT2D eigenvalue weighted by Gasteiger charge is -2.46. The molecule has 0 aromatic heterocycles. The van der Waals surface area contributed by atoms with Gasteiger partial charge >= 0.3 is 0 Å². The number of hydrazone groups is 1. The van der Waals surface area contributed by atoms with Gasteiger partial charge in [-0.3, -0.25) is 4.79 Å². The van der Waals surface area contributed by atoms with Crippen molar-refractivity contribution in [1.82, 2.24) is 5.43 Å². The maximum atomic E-state index is 12.1. The van der Waals surface area contributed by atoms with Gasteiger partial charge in [-0.25, -0.2) is 5.43 Å². The van der Waals surface area contributed by atoms with Crippen LogP contribution in [0.5, 0.6) is 11.5 Å². The molecule has 2 aromatic carbocycles. The molecule has 1 N–H and O–H groups in total. The van der Waals surface area contributed by atoms with Crippen molar-refractivity contribution < 1.29 is 14.3 Å². The Morgan fingerprint density at radius 1 is 1.19 bits per heavy atom. The number of carbonyl (C=O) groups is 1. The molecule has 2 aromatic rings. The highest BCUT2D eigenvalue weighted by atomic mass is 16.5. The number of benzene rings is 2. The topological polar surface area (TPSA) is 63.2 Å². The Morgan fingerprint density at radius 3 is 2.58 bits per heavy atom. The number of anilines is 1. The molecule has 0 atom stereocenters. The van der Waals surface area contributed by atoms with Crippen LogP contribution in [0.4, 0.5) is 5.69 Å². The Kier molecular flexibility index (Phi) is 6.68. The summed E-state index contributed by atoms with van der Waals surface area (Å²) in [6.45, 7) is 10.9. The van der Waals surface area contributed by atoms with E-state index in [1.807, 2.05) is 18.2 Å². The Labute approximate surface area is 184 Å². The van der Waals surface area contributed by atoms with E-state index < -0.39 is 0 Å². The van der Waals surface area contributed by atoms with Gasteiger partial charge in [0.15, 0.2) is 18.1 Å². The van der Waals surface area contributed by atoms with E-state index in [-0.39, 0.29) is 18.1 Å². The van der Waals surface area contributed by atoms with Crippen LogP contribution in [0, 0.1) is 0 Å². The van der Waals surface area contributed by atoms with Crippen LogP contribution in [0.1, 0.15) is 45.7 Å². The number of amides is 1. The average Bonchev–Trinajstić information content (AvgIpc) is 2.72. The fourth-order valence-corrected chi connectivity index (χ4v) is 4.18. The van der Waals surface area contributed by atoms with Gasteiger partial charge in [0.2, 0.25) is 0 Å². The number of ether oxygens (including phenoxy) is 2. The number of allylic oxidation sites excluding steroid dienone is 1. The molecule has 3 rings (SSSR count). The number of nitrogens with one attached hydrogen (secondary N) is 1. The van der Waals surface area contributed by atoms with Crippen molar-refractivity contribution in [3.05, 3.63) is 59.7 Å². The number of hydrogen-bond acceptors (Lipinski definition) is 5. The molecule has 1 aliphatic heterocycles. The van der Waals surface area contributed by atoms with Gasteiger partial charge in [0.05, 0.1) is 18.9 Å². The van der Waals surface area contributed by atoms with Crippen molar-refractivity contribution in [3.8, 4) is 11.5 Å². The van der Waals surface area contributed by atoms with Crippen LogP contribution in [-0.2, 0) is 4.79 Å². The Morgan fingerprint density at radius 2 is 1.90 bits per heavy atom. The molecule has 6 nitrogen and oxygen atoms in total. The van der Waals surface area contributed by atoms with Gasteiger partial charge in [0, 0.05) is 17.3 Å². The minimum Gasteiger partial charge on any atom is -0.493 e. The fourth-order valence-electron chi connectivity index (χ4n) is 4.18. The molecule has 6 heteroatoms. The van der Waals surface area contributed by atoms with Gasteiger partial charge in [-0.05, 0) is 70.0 Å². The molecular weight excluding hydrogens is 390 g/mol. The lowest BCUT2D eigenvalue weighted by atomic mass is 9.87. The number of hydrogen-bond donors (Lipinski definition) is 1. The van der Waals surface area contributed by atoms with Gasteiger partial charge in [-0.1, -0.05) is 24.3 Å². The first-order valence-corrected chi connectivity index (χ1v) is 10.4. The zero-order chi connectivity index (χ0) is 22.6. The van der Waals surface area contributed by atoms with Gasteiger partial charge in [-0.15, -0.1) is 0 Å². The Hall–Kier alpha value is -3.28. The minimum absolute atomic E-state index is 0.0454. The number of rotatable bonds is 7. The number of nitrogens with zero attached hydrogens (tertiary/aromatic N) is 2. The normalized spacial score (nSPS) is 14.9. The van der Waals surface area contributed by atoms with Gasteiger partial charge in [0.25, 0.3) is 5.91 Å². The molecule has 0 spiro atoms. The maximum absolute atomic E-state index is 12.1. The van der Waals surface area contributed by atoms with E-state index in [2.05, 4.69) is 68.3 Å². The molecule has 1 aliphatic rings. The highest BCUT2D eigenvalue weighted by Gasteiger charge is 2.32. The molecule has 0 unspecified atom stereocenters. The second-order valence-electron chi connectivity index (χ2n) is 8.45. The average molecular weight is 422 g/mol. The number of methoxy groups -OCH3 is 1. The van der Waals surface area contributed by atoms with Crippen LogP contribution in [0.25, 0.3) is 5.57 Å². The van der Waals surface area contributed by atoms with Crippen molar-refractivity contribution in [2.75, 3.05) is 18.6 Å².